The summed E-state index contributed by atoms with van der Waals surface area (Å²) < 4.78 is 17.1. The van der Waals surface area contributed by atoms with Crippen molar-refractivity contribution in [1.82, 2.24) is 0 Å². The molecule has 0 aromatic heterocycles. The van der Waals surface area contributed by atoms with E-state index in [4.69, 9.17) is 14.2 Å². The number of hydrogen-bond donors (Lipinski definition) is 0. The predicted molar refractivity (Wildman–Crippen MR) is 88.4 cm³/mol. The molecule has 0 spiro atoms. The molecule has 0 radical (unpaired) electrons. The predicted octanol–water partition coefficient (Wildman–Crippen LogP) is 3.02. The summed E-state index contributed by atoms with van der Waals surface area (Å²) in [5.41, 5.74) is 2.65. The fourth-order valence-corrected chi connectivity index (χ4v) is 3.00. The Morgan fingerprint density at radius 1 is 0.609 bits per heavy atom. The highest BCUT2D eigenvalue weighted by Crippen LogP contribution is 2.29. The van der Waals surface area contributed by atoms with Crippen LogP contribution in [0.4, 0.5) is 0 Å². The summed E-state index contributed by atoms with van der Waals surface area (Å²) in [7, 11) is 0. The van der Waals surface area contributed by atoms with E-state index >= 15 is 0 Å². The average Bonchev–Trinajstić information content (AvgIpc) is 3.49. The molecule has 23 heavy (non-hydrogen) atoms. The van der Waals surface area contributed by atoms with Gasteiger partial charge < -0.3 is 14.2 Å². The molecule has 3 nitrogen and oxygen atoms in total. The maximum Gasteiger partial charge on any atom is 0.108 e. The van der Waals surface area contributed by atoms with Crippen LogP contribution >= 0.6 is 0 Å². The highest BCUT2D eigenvalue weighted by atomic mass is 16.6. The Morgan fingerprint density at radius 3 is 1.48 bits per heavy atom. The van der Waals surface area contributed by atoms with Gasteiger partial charge in [0, 0.05) is 12.8 Å². The molecule has 120 valence electrons. The topological polar surface area (TPSA) is 34.3 Å². The first-order valence-electron chi connectivity index (χ1n) is 8.35. The Kier molecular flexibility index (Phi) is 4.42. The van der Waals surface area contributed by atoms with Crippen LogP contribution in [0.2, 0.25) is 0 Å². The van der Waals surface area contributed by atoms with Gasteiger partial charge in [-0.1, -0.05) is 60.7 Å². The van der Waals surface area contributed by atoms with Crippen molar-refractivity contribution in [2.24, 2.45) is 0 Å². The Bertz CT molecular complexity index is 558. The number of hydrogen-bond acceptors (Lipinski definition) is 3. The molecule has 3 heteroatoms. The van der Waals surface area contributed by atoms with Crippen LogP contribution in [0.25, 0.3) is 0 Å². The molecule has 0 bridgehead atoms. The lowest BCUT2D eigenvalue weighted by Crippen LogP contribution is -2.12. The van der Waals surface area contributed by atoms with Crippen molar-refractivity contribution in [2.75, 3.05) is 13.2 Å². The van der Waals surface area contributed by atoms with E-state index in [0.717, 1.165) is 12.8 Å². The van der Waals surface area contributed by atoms with Gasteiger partial charge in [0.15, 0.2) is 0 Å². The zero-order valence-corrected chi connectivity index (χ0v) is 13.1. The van der Waals surface area contributed by atoms with E-state index in [-0.39, 0.29) is 12.2 Å². The van der Waals surface area contributed by atoms with E-state index in [2.05, 4.69) is 48.5 Å². The van der Waals surface area contributed by atoms with Crippen molar-refractivity contribution >= 4 is 0 Å². The Balaban J connectivity index is 1.11. The highest BCUT2D eigenvalue weighted by molar-refractivity contribution is 5.18. The zero-order chi connectivity index (χ0) is 15.5. The van der Waals surface area contributed by atoms with E-state index in [9.17, 15) is 0 Å². The monoisotopic (exact) mass is 310 g/mol. The molecule has 0 saturated carbocycles. The van der Waals surface area contributed by atoms with Gasteiger partial charge in [0.1, 0.15) is 12.2 Å². The van der Waals surface area contributed by atoms with Gasteiger partial charge in [0.2, 0.25) is 0 Å². The molecule has 0 amide bonds. The van der Waals surface area contributed by atoms with Crippen LogP contribution in [-0.4, -0.2) is 37.6 Å². The van der Waals surface area contributed by atoms with Crippen molar-refractivity contribution in [1.29, 1.82) is 0 Å². The molecule has 2 aliphatic rings. The summed E-state index contributed by atoms with van der Waals surface area (Å²) in [5, 5.41) is 0. The Morgan fingerprint density at radius 2 is 1.04 bits per heavy atom. The van der Waals surface area contributed by atoms with Gasteiger partial charge in [0.05, 0.1) is 25.4 Å². The average molecular weight is 310 g/mol. The molecular formula is C20H22O3. The van der Waals surface area contributed by atoms with Crippen LogP contribution in [0.15, 0.2) is 60.7 Å². The molecular weight excluding hydrogens is 288 g/mol. The summed E-state index contributed by atoms with van der Waals surface area (Å²) in [4.78, 5) is 0. The molecule has 4 atom stereocenters. The lowest BCUT2D eigenvalue weighted by Gasteiger charge is -2.00. The van der Waals surface area contributed by atoms with E-state index in [1.165, 1.54) is 11.1 Å². The Labute approximate surface area is 137 Å². The second kappa shape index (κ2) is 6.83. The standard InChI is InChI=1S/C20H22O3/c1-3-7-15(8-4-1)11-17-19(22-17)13-21-14-20-18(23-20)12-16-9-5-2-6-10-16/h1-10,17-20H,11-14H2/t17?,18?,19-,20-/m1/s1. The number of epoxide rings is 2. The van der Waals surface area contributed by atoms with Gasteiger partial charge in [0.25, 0.3) is 0 Å². The largest absolute Gasteiger partial charge is 0.376 e. The molecule has 2 aromatic rings. The lowest BCUT2D eigenvalue weighted by atomic mass is 10.1. The van der Waals surface area contributed by atoms with Crippen molar-refractivity contribution in [3.05, 3.63) is 71.8 Å². The molecule has 0 aliphatic carbocycles. The second-order valence-corrected chi connectivity index (χ2v) is 6.34. The van der Waals surface area contributed by atoms with E-state index in [1.54, 1.807) is 0 Å². The summed E-state index contributed by atoms with van der Waals surface area (Å²) in [6, 6.07) is 20.9. The maximum absolute atomic E-state index is 5.77. The molecule has 2 aliphatic heterocycles. The first kappa shape index (κ1) is 14.9. The smallest absolute Gasteiger partial charge is 0.108 e. The van der Waals surface area contributed by atoms with Gasteiger partial charge in [-0.3, -0.25) is 0 Å². The summed E-state index contributed by atoms with van der Waals surface area (Å²) in [6.45, 7) is 1.35. The van der Waals surface area contributed by atoms with Gasteiger partial charge in [-0.25, -0.2) is 0 Å². The first-order valence-corrected chi connectivity index (χ1v) is 8.35. The van der Waals surface area contributed by atoms with Crippen LogP contribution in [0.5, 0.6) is 0 Å². The minimum atomic E-state index is 0.251. The fourth-order valence-electron chi connectivity index (χ4n) is 3.00. The van der Waals surface area contributed by atoms with Crippen molar-refractivity contribution in [2.45, 2.75) is 37.3 Å². The summed E-state index contributed by atoms with van der Waals surface area (Å²) in [5.74, 6) is 0. The second-order valence-electron chi connectivity index (χ2n) is 6.34. The van der Waals surface area contributed by atoms with Gasteiger partial charge >= 0.3 is 0 Å². The van der Waals surface area contributed by atoms with Crippen molar-refractivity contribution < 1.29 is 14.2 Å². The van der Waals surface area contributed by atoms with Crippen LogP contribution in [0, 0.1) is 0 Å². The molecule has 2 aromatic carbocycles. The normalized spacial score (nSPS) is 28.5. The molecule has 2 saturated heterocycles. The molecule has 2 unspecified atom stereocenters. The van der Waals surface area contributed by atoms with Crippen LogP contribution < -0.4 is 0 Å². The first-order chi connectivity index (χ1) is 11.4. The third-order valence-electron chi connectivity index (χ3n) is 4.50. The summed E-state index contributed by atoms with van der Waals surface area (Å²) in [6.07, 6.45) is 3.09. The molecule has 2 heterocycles. The van der Waals surface area contributed by atoms with Gasteiger partial charge in [-0.15, -0.1) is 0 Å². The summed E-state index contributed by atoms with van der Waals surface area (Å²) >= 11 is 0. The van der Waals surface area contributed by atoms with Crippen LogP contribution in [0.1, 0.15) is 11.1 Å². The van der Waals surface area contributed by atoms with Crippen molar-refractivity contribution in [3.8, 4) is 0 Å². The van der Waals surface area contributed by atoms with E-state index < -0.39 is 0 Å². The number of ether oxygens (including phenoxy) is 3. The fraction of sp³-hybridized carbons (Fsp3) is 0.400. The van der Waals surface area contributed by atoms with Crippen LogP contribution in [0.3, 0.4) is 0 Å². The minimum absolute atomic E-state index is 0.251. The van der Waals surface area contributed by atoms with Crippen molar-refractivity contribution in [3.63, 3.8) is 0 Å². The third kappa shape index (κ3) is 4.20. The van der Waals surface area contributed by atoms with E-state index in [0.29, 0.717) is 25.4 Å². The maximum atomic E-state index is 5.77. The number of rotatable bonds is 8. The van der Waals surface area contributed by atoms with Gasteiger partial charge in [-0.2, -0.15) is 0 Å². The molecule has 4 rings (SSSR count). The Hall–Kier alpha value is -1.68. The van der Waals surface area contributed by atoms with Crippen LogP contribution in [-0.2, 0) is 27.1 Å². The quantitative estimate of drug-likeness (QED) is 0.703. The minimum Gasteiger partial charge on any atom is -0.376 e. The SMILES string of the molecule is c1ccc(CC2O[C@@H]2COC[C@H]2OC2Cc2ccccc2)cc1. The lowest BCUT2D eigenvalue weighted by molar-refractivity contribution is 0.102. The highest BCUT2D eigenvalue weighted by Gasteiger charge is 2.41. The third-order valence-corrected chi connectivity index (χ3v) is 4.50. The molecule has 0 N–H and O–H groups in total. The zero-order valence-electron chi connectivity index (χ0n) is 13.1. The van der Waals surface area contributed by atoms with E-state index in [1.807, 2.05) is 12.1 Å². The number of benzene rings is 2. The van der Waals surface area contributed by atoms with Gasteiger partial charge in [-0.05, 0) is 11.1 Å². The molecule has 2 fully saturated rings.